The van der Waals surface area contributed by atoms with Gasteiger partial charge < -0.3 is 9.13 Å². The van der Waals surface area contributed by atoms with Crippen LogP contribution in [-0.2, 0) is 22.7 Å². The van der Waals surface area contributed by atoms with Gasteiger partial charge in [-0.25, -0.2) is 4.79 Å². The number of rotatable bonds is 10. The van der Waals surface area contributed by atoms with Crippen LogP contribution in [0.25, 0.3) is 55.5 Å². The van der Waals surface area contributed by atoms with Crippen molar-refractivity contribution in [3.05, 3.63) is 118 Å². The molecule has 2 aromatic heterocycles. The second kappa shape index (κ2) is 15.1. The van der Waals surface area contributed by atoms with Crippen molar-refractivity contribution in [1.82, 2.24) is 18.9 Å². The third kappa shape index (κ3) is 6.27. The number of allylic oxidation sites excluding steroid dienone is 5. The van der Waals surface area contributed by atoms with Gasteiger partial charge in [0, 0.05) is 70.5 Å². The lowest BCUT2D eigenvalue weighted by atomic mass is 9.95. The summed E-state index contributed by atoms with van der Waals surface area (Å²) in [6.45, 7) is 10.9. The predicted octanol–water partition coefficient (Wildman–Crippen LogP) is 9.47. The summed E-state index contributed by atoms with van der Waals surface area (Å²) in [6, 6.07) is 25.4. The molecule has 1 aliphatic carbocycles. The zero-order chi connectivity index (χ0) is 39.2. The van der Waals surface area contributed by atoms with Crippen LogP contribution in [0.5, 0.6) is 0 Å². The number of likely N-dealkylation sites (N-methyl/N-ethyl adjacent to an activating group) is 2. The molecule has 4 aromatic carbocycles. The predicted molar refractivity (Wildman–Crippen MR) is 230 cm³/mol. The lowest BCUT2D eigenvalue weighted by Gasteiger charge is -2.30. The summed E-state index contributed by atoms with van der Waals surface area (Å²) in [5, 5.41) is 9.55. The summed E-state index contributed by atoms with van der Waals surface area (Å²) in [5.74, 6) is -0.141. The van der Waals surface area contributed by atoms with Crippen LogP contribution in [-0.4, -0.2) is 50.9 Å². The van der Waals surface area contributed by atoms with Crippen molar-refractivity contribution in [2.75, 3.05) is 14.1 Å². The van der Waals surface area contributed by atoms with Gasteiger partial charge in [0.2, 0.25) is 0 Å². The Morgan fingerprint density at radius 2 is 0.982 bits per heavy atom. The van der Waals surface area contributed by atoms with Crippen LogP contribution >= 0.6 is 0 Å². The maximum atomic E-state index is 14.0. The number of barbiturate groups is 1. The number of hydrogen-bond donors (Lipinski definition) is 0. The van der Waals surface area contributed by atoms with E-state index in [1.54, 1.807) is 0 Å². The van der Waals surface area contributed by atoms with Crippen LogP contribution in [0, 0.1) is 11.8 Å². The number of nitrogens with zero attached hydrogens (tertiary/aromatic N) is 4. The Labute approximate surface area is 328 Å². The van der Waals surface area contributed by atoms with Gasteiger partial charge >= 0.3 is 6.03 Å². The zero-order valence-corrected chi connectivity index (χ0v) is 33.6. The number of urea groups is 1. The standard InChI is InChI=1S/C49H52N4O3/c1-7-13-31(3)29-52-39(37-19-9-15-33-17-11-21-41(52)44(33)37)27-25-35-23-24-36(43(35)46-47(54)50(5)49(56)51(6)48(46)55)26-28-40-38-20-10-16-34-18-12-22-42(45(34)38)53(40)30-32(4)14-8-2/h9-12,15-22,25-28,31-32H,7-8,13-14,23-24,29-30H2,1-6H3/b35-25-,36-26-,39-27+,40-28+. The van der Waals surface area contributed by atoms with Gasteiger partial charge in [-0.15, -0.1) is 0 Å². The van der Waals surface area contributed by atoms with Gasteiger partial charge in [0.1, 0.15) is 5.57 Å². The first-order valence-corrected chi connectivity index (χ1v) is 20.4. The summed E-state index contributed by atoms with van der Waals surface area (Å²) < 4.78 is 4.89. The van der Waals surface area contributed by atoms with E-state index in [0.717, 1.165) is 70.4 Å². The molecule has 2 unspecified atom stereocenters. The first-order chi connectivity index (χ1) is 27.1. The van der Waals surface area contributed by atoms with Crippen LogP contribution in [0.3, 0.4) is 0 Å². The number of imide groups is 2. The van der Waals surface area contributed by atoms with E-state index in [-0.39, 0.29) is 5.57 Å². The highest BCUT2D eigenvalue weighted by Crippen LogP contribution is 2.40. The highest BCUT2D eigenvalue weighted by Gasteiger charge is 2.42. The number of carbonyl (C=O) groups is 3. The van der Waals surface area contributed by atoms with E-state index in [2.05, 4.69) is 134 Å². The highest BCUT2D eigenvalue weighted by atomic mass is 16.2. The molecule has 1 saturated heterocycles. The van der Waals surface area contributed by atoms with Gasteiger partial charge in [0.25, 0.3) is 11.8 Å². The van der Waals surface area contributed by atoms with Crippen LogP contribution in [0.15, 0.2) is 107 Å². The van der Waals surface area contributed by atoms with E-state index in [1.165, 1.54) is 57.4 Å². The van der Waals surface area contributed by atoms with Crippen molar-refractivity contribution in [3.8, 4) is 0 Å². The second-order valence-corrected chi connectivity index (χ2v) is 16.1. The normalized spacial score (nSPS) is 18.9. The van der Waals surface area contributed by atoms with E-state index in [0.29, 0.717) is 30.3 Å². The Morgan fingerprint density at radius 1 is 0.571 bits per heavy atom. The molecule has 3 heterocycles. The average Bonchev–Trinajstić information content (AvgIpc) is 3.83. The summed E-state index contributed by atoms with van der Waals surface area (Å²) in [5.41, 5.74) is 4.96. The molecule has 8 rings (SSSR count). The molecule has 2 aliphatic rings. The van der Waals surface area contributed by atoms with Crippen LogP contribution in [0.2, 0.25) is 0 Å². The fraction of sp³-hybridized carbons (Fsp3) is 0.327. The molecule has 4 amide bonds. The Morgan fingerprint density at radius 3 is 1.39 bits per heavy atom. The molecule has 7 heteroatoms. The molecular weight excluding hydrogens is 693 g/mol. The molecule has 56 heavy (non-hydrogen) atoms. The van der Waals surface area contributed by atoms with Gasteiger partial charge in [-0.1, -0.05) is 113 Å². The first-order valence-electron chi connectivity index (χ1n) is 20.4. The molecule has 0 bridgehead atoms. The third-order valence-corrected chi connectivity index (χ3v) is 12.1. The van der Waals surface area contributed by atoms with Crippen molar-refractivity contribution >= 4 is 73.3 Å². The molecule has 286 valence electrons. The van der Waals surface area contributed by atoms with Crippen molar-refractivity contribution < 1.29 is 14.4 Å². The number of hydrogen-bond acceptors (Lipinski definition) is 3. The van der Waals surface area contributed by atoms with Crippen LogP contribution < -0.4 is 10.7 Å². The molecule has 0 radical (unpaired) electrons. The van der Waals surface area contributed by atoms with Gasteiger partial charge in [0.05, 0.1) is 0 Å². The fourth-order valence-corrected chi connectivity index (χ4v) is 9.39. The Bertz CT molecular complexity index is 2560. The van der Waals surface area contributed by atoms with Gasteiger partial charge in [0.15, 0.2) is 0 Å². The van der Waals surface area contributed by atoms with E-state index in [4.69, 9.17) is 0 Å². The van der Waals surface area contributed by atoms with Crippen molar-refractivity contribution in [2.24, 2.45) is 11.8 Å². The topological polar surface area (TPSA) is 67.6 Å². The fourth-order valence-electron chi connectivity index (χ4n) is 9.39. The van der Waals surface area contributed by atoms with E-state index >= 15 is 0 Å². The van der Waals surface area contributed by atoms with Gasteiger partial charge in [-0.05, 0) is 89.3 Å². The first kappa shape index (κ1) is 37.2. The minimum Gasteiger partial charge on any atom is -0.340 e. The van der Waals surface area contributed by atoms with Gasteiger partial charge in [-0.3, -0.25) is 19.4 Å². The third-order valence-electron chi connectivity index (χ3n) is 12.1. The minimum absolute atomic E-state index is 0.0527. The Balaban J connectivity index is 1.35. The Hall–Kier alpha value is -5.69. The Kier molecular flexibility index (Phi) is 10.0. The number of amides is 4. The smallest absolute Gasteiger partial charge is 0.333 e. The molecular formula is C49H52N4O3. The minimum atomic E-state index is -0.620. The second-order valence-electron chi connectivity index (χ2n) is 16.1. The lowest BCUT2D eigenvalue weighted by molar-refractivity contribution is -0.134. The molecule has 7 nitrogen and oxygen atoms in total. The van der Waals surface area contributed by atoms with E-state index in [1.807, 2.05) is 0 Å². The monoisotopic (exact) mass is 744 g/mol. The van der Waals surface area contributed by atoms with Crippen molar-refractivity contribution in [2.45, 2.75) is 79.3 Å². The number of carbonyl (C=O) groups excluding carboxylic acids is 3. The zero-order valence-electron chi connectivity index (χ0n) is 33.6. The summed E-state index contributed by atoms with van der Waals surface area (Å²) in [4.78, 5) is 43.1. The SMILES string of the molecule is CCCC(C)Cn1/c(=C/C=C2/CC/C(=C/C=c3\c4cccc5cccc(c54)n3CC(C)CCC)C2=C2C(=O)N(C)C(=O)N(C)C2=O)c2cccc3cccc1c32. The quantitative estimate of drug-likeness (QED) is 0.104. The van der Waals surface area contributed by atoms with E-state index < -0.39 is 17.8 Å². The molecule has 0 spiro atoms. The number of aromatic nitrogens is 2. The van der Waals surface area contributed by atoms with Crippen molar-refractivity contribution in [3.63, 3.8) is 0 Å². The maximum absolute atomic E-state index is 14.0. The largest absolute Gasteiger partial charge is 0.340 e. The lowest BCUT2D eigenvalue weighted by Crippen LogP contribution is -2.53. The number of benzene rings is 4. The van der Waals surface area contributed by atoms with Gasteiger partial charge in [-0.2, -0.15) is 0 Å². The molecule has 6 aromatic rings. The molecule has 2 atom stereocenters. The average molecular weight is 745 g/mol. The van der Waals surface area contributed by atoms with Crippen LogP contribution in [0.1, 0.15) is 66.2 Å². The summed E-state index contributed by atoms with van der Waals surface area (Å²) in [6.07, 6.45) is 14.5. The van der Waals surface area contributed by atoms with E-state index in [9.17, 15) is 14.4 Å². The molecule has 1 aliphatic heterocycles. The van der Waals surface area contributed by atoms with Crippen molar-refractivity contribution in [1.29, 1.82) is 0 Å². The van der Waals surface area contributed by atoms with Crippen LogP contribution in [0.4, 0.5) is 4.79 Å². The molecule has 0 N–H and O–H groups in total. The maximum Gasteiger partial charge on any atom is 0.333 e. The summed E-state index contributed by atoms with van der Waals surface area (Å²) in [7, 11) is 2.91. The molecule has 1 saturated carbocycles. The molecule has 2 fully saturated rings. The summed E-state index contributed by atoms with van der Waals surface area (Å²) >= 11 is 0. The highest BCUT2D eigenvalue weighted by molar-refractivity contribution is 6.29.